The van der Waals surface area contributed by atoms with E-state index >= 15 is 0 Å². The van der Waals surface area contributed by atoms with Gasteiger partial charge in [-0.2, -0.15) is 5.10 Å². The quantitative estimate of drug-likeness (QED) is 0.712. The van der Waals surface area contributed by atoms with E-state index in [0.717, 1.165) is 13.0 Å². The van der Waals surface area contributed by atoms with Gasteiger partial charge in [0.1, 0.15) is 4.90 Å². The van der Waals surface area contributed by atoms with Crippen LogP contribution in [-0.4, -0.2) is 37.7 Å². The summed E-state index contributed by atoms with van der Waals surface area (Å²) in [7, 11) is -3.46. The minimum absolute atomic E-state index is 0.0527. The zero-order valence-electron chi connectivity index (χ0n) is 10.0. The van der Waals surface area contributed by atoms with E-state index in [4.69, 9.17) is 0 Å². The predicted molar refractivity (Wildman–Crippen MR) is 64.1 cm³/mol. The van der Waals surface area contributed by atoms with Crippen molar-refractivity contribution in [3.63, 3.8) is 0 Å². The first-order valence-electron chi connectivity index (χ1n) is 5.74. The van der Waals surface area contributed by atoms with Crippen LogP contribution in [0.2, 0.25) is 0 Å². The summed E-state index contributed by atoms with van der Waals surface area (Å²) in [6.07, 6.45) is 2.33. The lowest BCUT2D eigenvalue weighted by Gasteiger charge is -2.29. The smallest absolute Gasteiger partial charge is 0.244 e. The van der Waals surface area contributed by atoms with Crippen LogP contribution in [-0.2, 0) is 10.0 Å². The molecule has 0 bridgehead atoms. The summed E-state index contributed by atoms with van der Waals surface area (Å²) < 4.78 is 27.0. The number of hydrogen-bond acceptors (Lipinski definition) is 4. The van der Waals surface area contributed by atoms with Crippen molar-refractivity contribution in [3.8, 4) is 0 Å². The molecule has 0 saturated carbocycles. The standard InChI is InChI=1S/C10H18N4O2S/c1-7-3-4-11-5-9(7)14-17(15,16)10-6-12-13-8(10)2/h6-7,9,11,14H,3-5H2,1-2H3,(H,12,13). The minimum atomic E-state index is -3.46. The normalized spacial score (nSPS) is 26.0. The van der Waals surface area contributed by atoms with Crippen molar-refractivity contribution < 1.29 is 8.42 Å². The molecule has 1 aliphatic heterocycles. The molecule has 96 valence electrons. The van der Waals surface area contributed by atoms with E-state index in [1.165, 1.54) is 6.20 Å². The third kappa shape index (κ3) is 2.67. The summed E-state index contributed by atoms with van der Waals surface area (Å²) in [6.45, 7) is 5.39. The van der Waals surface area contributed by atoms with Gasteiger partial charge in [-0.15, -0.1) is 0 Å². The van der Waals surface area contributed by atoms with Crippen molar-refractivity contribution >= 4 is 10.0 Å². The van der Waals surface area contributed by atoms with E-state index in [9.17, 15) is 8.42 Å². The number of aromatic nitrogens is 2. The van der Waals surface area contributed by atoms with Gasteiger partial charge in [0, 0.05) is 12.6 Å². The molecule has 1 aromatic rings. The second-order valence-corrected chi connectivity index (χ2v) is 6.24. The molecule has 0 spiro atoms. The van der Waals surface area contributed by atoms with Crippen molar-refractivity contribution in [2.24, 2.45) is 5.92 Å². The average Bonchev–Trinajstić information content (AvgIpc) is 2.68. The van der Waals surface area contributed by atoms with Gasteiger partial charge in [0.15, 0.2) is 0 Å². The molecule has 6 nitrogen and oxygen atoms in total. The van der Waals surface area contributed by atoms with Gasteiger partial charge in [0.05, 0.1) is 11.9 Å². The van der Waals surface area contributed by atoms with Crippen LogP contribution in [0, 0.1) is 12.8 Å². The zero-order valence-corrected chi connectivity index (χ0v) is 10.8. The molecule has 3 N–H and O–H groups in total. The molecule has 1 aliphatic rings. The highest BCUT2D eigenvalue weighted by molar-refractivity contribution is 7.89. The molecule has 0 amide bonds. The molecule has 17 heavy (non-hydrogen) atoms. The van der Waals surface area contributed by atoms with Crippen LogP contribution in [0.3, 0.4) is 0 Å². The molecule has 1 aromatic heterocycles. The monoisotopic (exact) mass is 258 g/mol. The number of nitrogens with zero attached hydrogens (tertiary/aromatic N) is 1. The molecule has 2 atom stereocenters. The van der Waals surface area contributed by atoms with Crippen molar-refractivity contribution in [1.29, 1.82) is 0 Å². The number of piperidine rings is 1. The molecular weight excluding hydrogens is 240 g/mol. The molecule has 7 heteroatoms. The fraction of sp³-hybridized carbons (Fsp3) is 0.700. The molecule has 0 aliphatic carbocycles. The first-order chi connectivity index (χ1) is 8.00. The van der Waals surface area contributed by atoms with E-state index in [-0.39, 0.29) is 10.9 Å². The summed E-state index contributed by atoms with van der Waals surface area (Å²) in [5.74, 6) is 0.346. The second kappa shape index (κ2) is 4.75. The fourth-order valence-electron chi connectivity index (χ4n) is 2.02. The Morgan fingerprint density at radius 3 is 2.88 bits per heavy atom. The Bertz CT molecular complexity index is 482. The number of rotatable bonds is 3. The van der Waals surface area contributed by atoms with E-state index in [1.54, 1.807) is 6.92 Å². The molecule has 0 radical (unpaired) electrons. The van der Waals surface area contributed by atoms with Gasteiger partial charge >= 0.3 is 0 Å². The van der Waals surface area contributed by atoms with Gasteiger partial charge in [-0.3, -0.25) is 5.10 Å². The lowest BCUT2D eigenvalue weighted by molar-refractivity contribution is 0.327. The van der Waals surface area contributed by atoms with Crippen molar-refractivity contribution in [3.05, 3.63) is 11.9 Å². The number of hydrogen-bond donors (Lipinski definition) is 3. The Balaban J connectivity index is 2.15. The van der Waals surface area contributed by atoms with Crippen LogP contribution in [0.15, 0.2) is 11.1 Å². The van der Waals surface area contributed by atoms with Crippen LogP contribution >= 0.6 is 0 Å². The lowest BCUT2D eigenvalue weighted by atomic mass is 9.96. The van der Waals surface area contributed by atoms with Gasteiger partial charge in [-0.1, -0.05) is 6.92 Å². The Kier molecular flexibility index (Phi) is 3.50. The highest BCUT2D eigenvalue weighted by Crippen LogP contribution is 2.16. The third-order valence-corrected chi connectivity index (χ3v) is 4.81. The van der Waals surface area contributed by atoms with Crippen LogP contribution in [0.25, 0.3) is 0 Å². The zero-order chi connectivity index (χ0) is 12.5. The van der Waals surface area contributed by atoms with E-state index in [2.05, 4.69) is 27.2 Å². The number of sulfonamides is 1. The lowest BCUT2D eigenvalue weighted by Crippen LogP contribution is -2.50. The first-order valence-corrected chi connectivity index (χ1v) is 7.22. The number of H-pyrrole nitrogens is 1. The van der Waals surface area contributed by atoms with Gasteiger partial charge in [0.25, 0.3) is 0 Å². The Morgan fingerprint density at radius 2 is 2.29 bits per heavy atom. The molecule has 1 fully saturated rings. The summed E-state index contributed by atoms with van der Waals surface area (Å²) in [5, 5.41) is 9.58. The maximum absolute atomic E-state index is 12.1. The SMILES string of the molecule is Cc1[nH]ncc1S(=O)(=O)NC1CNCCC1C. The summed E-state index contributed by atoms with van der Waals surface area (Å²) in [5.41, 5.74) is 0.564. The second-order valence-electron chi connectivity index (χ2n) is 4.56. The van der Waals surface area contributed by atoms with Crippen molar-refractivity contribution in [1.82, 2.24) is 20.2 Å². The van der Waals surface area contributed by atoms with Crippen LogP contribution in [0.4, 0.5) is 0 Å². The molecule has 0 aromatic carbocycles. The van der Waals surface area contributed by atoms with E-state index in [1.807, 2.05) is 0 Å². The molecule has 2 unspecified atom stereocenters. The fourth-order valence-corrected chi connectivity index (χ4v) is 3.50. The highest BCUT2D eigenvalue weighted by atomic mass is 32.2. The summed E-state index contributed by atoms with van der Waals surface area (Å²) in [4.78, 5) is 0.232. The van der Waals surface area contributed by atoms with Crippen LogP contribution < -0.4 is 10.0 Å². The molecule has 2 rings (SSSR count). The maximum Gasteiger partial charge on any atom is 0.244 e. The van der Waals surface area contributed by atoms with E-state index < -0.39 is 10.0 Å². The minimum Gasteiger partial charge on any atom is -0.315 e. The summed E-state index contributed by atoms with van der Waals surface area (Å²) in [6, 6.07) is -0.0527. The number of aromatic amines is 1. The first kappa shape index (κ1) is 12.5. The molecule has 1 saturated heterocycles. The summed E-state index contributed by atoms with van der Waals surface area (Å²) >= 11 is 0. The predicted octanol–water partition coefficient (Wildman–Crippen LogP) is -0.00558. The number of aryl methyl sites for hydroxylation is 1. The topological polar surface area (TPSA) is 86.9 Å². The molecular formula is C10H18N4O2S. The van der Waals surface area contributed by atoms with Gasteiger partial charge < -0.3 is 5.32 Å². The van der Waals surface area contributed by atoms with Gasteiger partial charge in [0.2, 0.25) is 10.0 Å². The number of nitrogens with one attached hydrogen (secondary N) is 3. The Hall–Kier alpha value is -0.920. The van der Waals surface area contributed by atoms with Crippen LogP contribution in [0.1, 0.15) is 19.0 Å². The van der Waals surface area contributed by atoms with Gasteiger partial charge in [-0.25, -0.2) is 13.1 Å². The maximum atomic E-state index is 12.1. The largest absolute Gasteiger partial charge is 0.315 e. The highest BCUT2D eigenvalue weighted by Gasteiger charge is 2.28. The Labute approximate surface area is 101 Å². The third-order valence-electron chi connectivity index (χ3n) is 3.21. The average molecular weight is 258 g/mol. The van der Waals surface area contributed by atoms with Gasteiger partial charge in [-0.05, 0) is 25.8 Å². The van der Waals surface area contributed by atoms with Crippen molar-refractivity contribution in [2.75, 3.05) is 13.1 Å². The van der Waals surface area contributed by atoms with E-state index in [0.29, 0.717) is 18.2 Å². The van der Waals surface area contributed by atoms with Crippen molar-refractivity contribution in [2.45, 2.75) is 31.2 Å². The Morgan fingerprint density at radius 1 is 1.53 bits per heavy atom. The molecule has 2 heterocycles. The van der Waals surface area contributed by atoms with Crippen LogP contribution in [0.5, 0.6) is 0 Å².